The van der Waals surface area contributed by atoms with Crippen LogP contribution in [0, 0.1) is 5.92 Å². The normalized spacial score (nSPS) is 22.9. The van der Waals surface area contributed by atoms with E-state index in [9.17, 15) is 14.4 Å². The number of aromatic nitrogens is 1. The third-order valence-electron chi connectivity index (χ3n) is 5.44. The minimum absolute atomic E-state index is 0.0551. The Bertz CT molecular complexity index is 903. The molecule has 4 heterocycles. The molecule has 0 radical (unpaired) electrons. The van der Waals surface area contributed by atoms with Gasteiger partial charge in [0, 0.05) is 25.7 Å². The molecule has 3 saturated heterocycles. The van der Waals surface area contributed by atoms with Crippen LogP contribution in [0.1, 0.15) is 26.2 Å². The van der Waals surface area contributed by atoms with Gasteiger partial charge in [0.1, 0.15) is 6.54 Å². The molecule has 7 heteroatoms. The van der Waals surface area contributed by atoms with Gasteiger partial charge in [-0.3, -0.25) is 18.3 Å². The van der Waals surface area contributed by atoms with Crippen LogP contribution in [0.3, 0.4) is 0 Å². The fraction of sp³-hybridized carbons (Fsp3) is 0.526. The van der Waals surface area contributed by atoms with Crippen LogP contribution in [-0.4, -0.2) is 51.2 Å². The molecule has 3 aliphatic heterocycles. The van der Waals surface area contributed by atoms with Crippen LogP contribution < -0.4 is 5.56 Å². The Kier molecular flexibility index (Phi) is 4.56. The number of piperidine rings is 1. The minimum atomic E-state index is -0.111. The van der Waals surface area contributed by atoms with Crippen molar-refractivity contribution < 1.29 is 9.59 Å². The van der Waals surface area contributed by atoms with Gasteiger partial charge in [-0.2, -0.15) is 0 Å². The second kappa shape index (κ2) is 6.87. The van der Waals surface area contributed by atoms with Gasteiger partial charge >= 0.3 is 0 Å². The van der Waals surface area contributed by atoms with Crippen LogP contribution in [0.5, 0.6) is 0 Å². The highest BCUT2D eigenvalue weighted by atomic mass is 32.1. The van der Waals surface area contributed by atoms with Gasteiger partial charge in [-0.25, -0.2) is 0 Å². The van der Waals surface area contributed by atoms with E-state index in [1.807, 2.05) is 23.1 Å². The largest absolute Gasteiger partial charge is 0.338 e. The summed E-state index contributed by atoms with van der Waals surface area (Å²) in [4.78, 5) is 41.8. The molecule has 2 bridgehead atoms. The van der Waals surface area contributed by atoms with Crippen molar-refractivity contribution in [3.05, 3.63) is 34.6 Å². The van der Waals surface area contributed by atoms with Crippen molar-refractivity contribution in [2.75, 3.05) is 19.6 Å². The Morgan fingerprint density at radius 1 is 1.19 bits per heavy atom. The van der Waals surface area contributed by atoms with E-state index in [1.54, 1.807) is 11.0 Å². The summed E-state index contributed by atoms with van der Waals surface area (Å²) in [6, 6.07) is 7.54. The first-order chi connectivity index (χ1) is 12.6. The molecule has 0 aliphatic carbocycles. The standard InChI is InChI=1S/C19H23N3O3S/c1-2-9-21-14-8-7-13(18(21)24)10-20(11-14)17(23)12-22-19(25)15-5-3-4-6-16(15)26-22/h3-6,13-14H,2,7-12H2,1H3/t13-,14+/m0/s1. The Morgan fingerprint density at radius 3 is 2.77 bits per heavy atom. The molecule has 3 aliphatic rings. The molecule has 2 amide bonds. The summed E-state index contributed by atoms with van der Waals surface area (Å²) in [7, 11) is 0. The number of carbonyl (C=O) groups excluding carboxylic acids is 2. The van der Waals surface area contributed by atoms with Crippen molar-refractivity contribution in [1.29, 1.82) is 0 Å². The average molecular weight is 373 g/mol. The lowest BCUT2D eigenvalue weighted by molar-refractivity contribution is -0.139. The number of hydrogen-bond donors (Lipinski definition) is 0. The van der Waals surface area contributed by atoms with E-state index in [1.165, 1.54) is 15.5 Å². The summed E-state index contributed by atoms with van der Waals surface area (Å²) < 4.78 is 2.43. The van der Waals surface area contributed by atoms with Crippen molar-refractivity contribution in [1.82, 2.24) is 13.8 Å². The number of hydrogen-bond acceptors (Lipinski definition) is 4. The zero-order valence-corrected chi connectivity index (χ0v) is 15.7. The maximum atomic E-state index is 12.9. The molecule has 2 atom stereocenters. The molecule has 0 unspecified atom stereocenters. The van der Waals surface area contributed by atoms with E-state index in [0.717, 1.165) is 30.5 Å². The van der Waals surface area contributed by atoms with Gasteiger partial charge in [0.2, 0.25) is 11.8 Å². The maximum absolute atomic E-state index is 12.9. The third-order valence-corrected chi connectivity index (χ3v) is 6.51. The number of nitrogens with zero attached hydrogens (tertiary/aromatic N) is 3. The van der Waals surface area contributed by atoms with Crippen LogP contribution >= 0.6 is 11.5 Å². The van der Waals surface area contributed by atoms with E-state index in [2.05, 4.69) is 6.92 Å². The smallest absolute Gasteiger partial charge is 0.268 e. The Balaban J connectivity index is 1.54. The first kappa shape index (κ1) is 17.3. The predicted molar refractivity (Wildman–Crippen MR) is 101 cm³/mol. The molecule has 2 aromatic rings. The van der Waals surface area contributed by atoms with Crippen molar-refractivity contribution in [2.24, 2.45) is 5.92 Å². The van der Waals surface area contributed by atoms with Crippen molar-refractivity contribution in [2.45, 2.75) is 38.8 Å². The van der Waals surface area contributed by atoms with Gasteiger partial charge in [-0.05, 0) is 31.4 Å². The summed E-state index contributed by atoms with van der Waals surface area (Å²) in [5.74, 6) is 0.0301. The molecule has 0 spiro atoms. The summed E-state index contributed by atoms with van der Waals surface area (Å²) in [6.07, 6.45) is 2.75. The number of carbonyl (C=O) groups is 2. The first-order valence-electron chi connectivity index (χ1n) is 9.25. The summed E-state index contributed by atoms with van der Waals surface area (Å²) in [5, 5.41) is 0.658. The second-order valence-electron chi connectivity index (χ2n) is 7.19. The van der Waals surface area contributed by atoms with Gasteiger partial charge in [0.05, 0.1) is 16.0 Å². The van der Waals surface area contributed by atoms with E-state index >= 15 is 0 Å². The number of amides is 2. The van der Waals surface area contributed by atoms with Crippen LogP contribution in [0.2, 0.25) is 0 Å². The summed E-state index contributed by atoms with van der Waals surface area (Å²) in [6.45, 7) is 3.95. The molecular formula is C19H23N3O3S. The zero-order chi connectivity index (χ0) is 18.3. The fourth-order valence-electron chi connectivity index (χ4n) is 4.12. The number of benzene rings is 1. The minimum Gasteiger partial charge on any atom is -0.338 e. The van der Waals surface area contributed by atoms with E-state index < -0.39 is 0 Å². The highest BCUT2D eigenvalue weighted by Crippen LogP contribution is 2.29. The molecule has 1 aromatic heterocycles. The van der Waals surface area contributed by atoms with Gasteiger partial charge in [0.15, 0.2) is 0 Å². The molecule has 1 aromatic carbocycles. The molecule has 0 N–H and O–H groups in total. The molecule has 138 valence electrons. The molecule has 26 heavy (non-hydrogen) atoms. The first-order valence-corrected chi connectivity index (χ1v) is 10.0. The number of fused-ring (bicyclic) bond motifs is 5. The zero-order valence-electron chi connectivity index (χ0n) is 14.9. The highest BCUT2D eigenvalue weighted by Gasteiger charge is 2.41. The maximum Gasteiger partial charge on any atom is 0.268 e. The van der Waals surface area contributed by atoms with E-state index in [0.29, 0.717) is 18.5 Å². The predicted octanol–water partition coefficient (Wildman–Crippen LogP) is 1.92. The quantitative estimate of drug-likeness (QED) is 0.823. The Morgan fingerprint density at radius 2 is 2.00 bits per heavy atom. The lowest BCUT2D eigenvalue weighted by atomic mass is 9.94. The Hall–Kier alpha value is -2.15. The molecular weight excluding hydrogens is 350 g/mol. The summed E-state index contributed by atoms with van der Waals surface area (Å²) >= 11 is 1.33. The van der Waals surface area contributed by atoms with Gasteiger partial charge in [0.25, 0.3) is 5.56 Å². The van der Waals surface area contributed by atoms with Crippen LogP contribution in [0.4, 0.5) is 0 Å². The van der Waals surface area contributed by atoms with Gasteiger partial charge in [-0.15, -0.1) is 0 Å². The highest BCUT2D eigenvalue weighted by molar-refractivity contribution is 7.13. The molecule has 0 saturated carbocycles. The van der Waals surface area contributed by atoms with Crippen LogP contribution in [-0.2, 0) is 16.1 Å². The molecule has 3 fully saturated rings. The monoisotopic (exact) mass is 373 g/mol. The van der Waals surface area contributed by atoms with Crippen molar-refractivity contribution >= 4 is 33.4 Å². The lowest BCUT2D eigenvalue weighted by Gasteiger charge is -2.35. The van der Waals surface area contributed by atoms with Crippen molar-refractivity contribution in [3.8, 4) is 0 Å². The SMILES string of the molecule is CCCN1C(=O)[C@H]2CC[C@@H]1CN(C(=O)Cn1sc3ccccc3c1=O)C2. The van der Waals surface area contributed by atoms with Crippen LogP contribution in [0.15, 0.2) is 29.1 Å². The van der Waals surface area contributed by atoms with Gasteiger partial charge in [-0.1, -0.05) is 30.6 Å². The van der Waals surface area contributed by atoms with Crippen molar-refractivity contribution in [3.63, 3.8) is 0 Å². The van der Waals surface area contributed by atoms with E-state index in [4.69, 9.17) is 0 Å². The second-order valence-corrected chi connectivity index (χ2v) is 8.25. The Labute approximate surface area is 156 Å². The van der Waals surface area contributed by atoms with Gasteiger partial charge < -0.3 is 9.80 Å². The van der Waals surface area contributed by atoms with Crippen LogP contribution in [0.25, 0.3) is 10.1 Å². The third kappa shape index (κ3) is 2.94. The molecule has 5 rings (SSSR count). The fourth-order valence-corrected chi connectivity index (χ4v) is 5.11. The summed E-state index contributed by atoms with van der Waals surface area (Å²) in [5.41, 5.74) is -0.111. The lowest BCUT2D eigenvalue weighted by Crippen LogP contribution is -2.48. The topological polar surface area (TPSA) is 62.6 Å². The van der Waals surface area contributed by atoms with E-state index in [-0.39, 0.29) is 35.9 Å². The average Bonchev–Trinajstić information content (AvgIpc) is 2.79. The molecule has 6 nitrogen and oxygen atoms in total. The number of rotatable bonds is 4.